The smallest absolute Gasteiger partial charge is 0.243 e. The van der Waals surface area contributed by atoms with Crippen molar-refractivity contribution in [1.82, 2.24) is 19.4 Å². The first-order valence-corrected chi connectivity index (χ1v) is 11.2. The van der Waals surface area contributed by atoms with E-state index in [0.29, 0.717) is 49.4 Å². The number of nitrogens with zero attached hydrogens (tertiary/aromatic N) is 4. The van der Waals surface area contributed by atoms with E-state index in [2.05, 4.69) is 35.9 Å². The molecule has 154 valence electrons. The maximum atomic E-state index is 13.0. The lowest BCUT2D eigenvalue weighted by atomic mass is 9.87. The largest absolute Gasteiger partial charge is 0.424 e. The van der Waals surface area contributed by atoms with Crippen molar-refractivity contribution in [3.05, 3.63) is 41.6 Å². The first kappa shape index (κ1) is 21.0. The topological polar surface area (TPSA) is 79.5 Å². The van der Waals surface area contributed by atoms with Gasteiger partial charge in [-0.05, 0) is 23.1 Å². The Labute approximate surface area is 167 Å². The zero-order chi connectivity index (χ0) is 20.5. The van der Waals surface area contributed by atoms with Crippen molar-refractivity contribution in [3.8, 4) is 0 Å². The summed E-state index contributed by atoms with van der Waals surface area (Å²) in [5.41, 5.74) is 1.12. The third kappa shape index (κ3) is 4.61. The molecule has 28 heavy (non-hydrogen) atoms. The van der Waals surface area contributed by atoms with Gasteiger partial charge in [-0.3, -0.25) is 4.90 Å². The Hall–Kier alpha value is -1.77. The molecule has 0 aliphatic carbocycles. The molecule has 2 heterocycles. The molecule has 0 saturated carbocycles. The lowest BCUT2D eigenvalue weighted by molar-refractivity contribution is 0.167. The van der Waals surface area contributed by atoms with E-state index >= 15 is 0 Å². The van der Waals surface area contributed by atoms with Crippen LogP contribution in [0.5, 0.6) is 0 Å². The molecule has 1 fully saturated rings. The van der Waals surface area contributed by atoms with Crippen molar-refractivity contribution < 1.29 is 12.8 Å². The van der Waals surface area contributed by atoms with Gasteiger partial charge < -0.3 is 4.42 Å². The van der Waals surface area contributed by atoms with Gasteiger partial charge >= 0.3 is 0 Å². The molecule has 0 unspecified atom stereocenters. The maximum Gasteiger partial charge on any atom is 0.243 e. The highest BCUT2D eigenvalue weighted by Gasteiger charge is 2.29. The second-order valence-corrected chi connectivity index (χ2v) is 10.6. The van der Waals surface area contributed by atoms with Crippen LogP contribution < -0.4 is 0 Å². The minimum Gasteiger partial charge on any atom is -0.424 e. The maximum absolute atomic E-state index is 13.0. The van der Waals surface area contributed by atoms with Gasteiger partial charge in [0, 0.05) is 32.1 Å². The van der Waals surface area contributed by atoms with Gasteiger partial charge in [0.1, 0.15) is 0 Å². The Morgan fingerprint density at radius 2 is 1.64 bits per heavy atom. The third-order valence-corrected chi connectivity index (χ3v) is 6.94. The Morgan fingerprint density at radius 3 is 2.14 bits per heavy atom. The summed E-state index contributed by atoms with van der Waals surface area (Å²) in [4.78, 5) is 2.50. The average Bonchev–Trinajstić information content (AvgIpc) is 3.10. The van der Waals surface area contributed by atoms with Crippen LogP contribution in [0.3, 0.4) is 0 Å². The summed E-state index contributed by atoms with van der Waals surface area (Å²) < 4.78 is 33.1. The Balaban J connectivity index is 1.61. The second kappa shape index (κ2) is 7.93. The van der Waals surface area contributed by atoms with Gasteiger partial charge in [-0.2, -0.15) is 4.31 Å². The molecule has 1 saturated heterocycles. The highest BCUT2D eigenvalue weighted by atomic mass is 32.2. The molecule has 3 rings (SSSR count). The van der Waals surface area contributed by atoms with Gasteiger partial charge in [-0.1, -0.05) is 46.8 Å². The van der Waals surface area contributed by atoms with Crippen LogP contribution in [-0.4, -0.2) is 54.0 Å². The summed E-state index contributed by atoms with van der Waals surface area (Å²) in [7, 11) is -3.47. The van der Waals surface area contributed by atoms with Crippen molar-refractivity contribution >= 4 is 10.0 Å². The van der Waals surface area contributed by atoms with Crippen molar-refractivity contribution in [1.29, 1.82) is 0 Å². The molecule has 1 aliphatic heterocycles. The molecule has 1 aromatic carbocycles. The number of sulfonamides is 1. The number of hydrogen-bond donors (Lipinski definition) is 0. The summed E-state index contributed by atoms with van der Waals surface area (Å²) in [6.45, 7) is 13.1. The fourth-order valence-electron chi connectivity index (χ4n) is 3.16. The normalized spacial score (nSPS) is 17.4. The third-order valence-electron chi connectivity index (χ3n) is 5.02. The van der Waals surface area contributed by atoms with E-state index in [0.717, 1.165) is 5.56 Å². The second-order valence-electron chi connectivity index (χ2n) is 8.64. The van der Waals surface area contributed by atoms with Gasteiger partial charge in [0.15, 0.2) is 0 Å². The molecular formula is C20H30N4O3S. The molecule has 0 atom stereocenters. The zero-order valence-corrected chi connectivity index (χ0v) is 18.2. The molecule has 0 spiro atoms. The highest BCUT2D eigenvalue weighted by Crippen LogP contribution is 2.25. The zero-order valence-electron chi connectivity index (χ0n) is 17.3. The summed E-state index contributed by atoms with van der Waals surface area (Å²) in [5.74, 6) is 1.42. The van der Waals surface area contributed by atoms with Crippen molar-refractivity contribution in [2.75, 3.05) is 26.2 Å². The van der Waals surface area contributed by atoms with Gasteiger partial charge in [-0.25, -0.2) is 8.42 Å². The summed E-state index contributed by atoms with van der Waals surface area (Å²) in [5, 5.41) is 8.13. The van der Waals surface area contributed by atoms with Gasteiger partial charge in [-0.15, -0.1) is 10.2 Å². The predicted octanol–water partition coefficient (Wildman–Crippen LogP) is 3.00. The predicted molar refractivity (Wildman–Crippen MR) is 108 cm³/mol. The lowest BCUT2D eigenvalue weighted by Crippen LogP contribution is -2.48. The van der Waals surface area contributed by atoms with Crippen LogP contribution >= 0.6 is 0 Å². The quantitative estimate of drug-likeness (QED) is 0.759. The first-order valence-electron chi connectivity index (χ1n) is 9.72. The van der Waals surface area contributed by atoms with E-state index in [9.17, 15) is 8.42 Å². The van der Waals surface area contributed by atoms with E-state index < -0.39 is 10.0 Å². The van der Waals surface area contributed by atoms with E-state index in [-0.39, 0.29) is 11.3 Å². The van der Waals surface area contributed by atoms with E-state index in [4.69, 9.17) is 4.42 Å². The van der Waals surface area contributed by atoms with Crippen LogP contribution in [-0.2, 0) is 22.0 Å². The molecule has 0 N–H and O–H groups in total. The molecule has 8 heteroatoms. The number of aromatic nitrogens is 2. The van der Waals surface area contributed by atoms with Crippen molar-refractivity contribution in [2.24, 2.45) is 0 Å². The summed E-state index contributed by atoms with van der Waals surface area (Å²) in [6.07, 6.45) is 0. The summed E-state index contributed by atoms with van der Waals surface area (Å²) >= 11 is 0. The molecule has 1 aromatic heterocycles. The average molecular weight is 407 g/mol. The number of piperazine rings is 1. The lowest BCUT2D eigenvalue weighted by Gasteiger charge is -2.33. The monoisotopic (exact) mass is 406 g/mol. The SMILES string of the molecule is CC(C)c1nnc(CN2CCN(S(=O)(=O)c3ccc(C(C)(C)C)cc3)CC2)o1. The van der Waals surface area contributed by atoms with E-state index in [1.807, 2.05) is 26.0 Å². The van der Waals surface area contributed by atoms with E-state index in [1.54, 1.807) is 16.4 Å². The minimum atomic E-state index is -3.47. The van der Waals surface area contributed by atoms with Crippen LogP contribution in [0.25, 0.3) is 0 Å². The van der Waals surface area contributed by atoms with Gasteiger partial charge in [0.25, 0.3) is 0 Å². The number of benzene rings is 1. The van der Waals surface area contributed by atoms with Crippen molar-refractivity contribution in [3.63, 3.8) is 0 Å². The van der Waals surface area contributed by atoms with Crippen LogP contribution in [0, 0.1) is 0 Å². The minimum absolute atomic E-state index is 0.00189. The molecule has 0 amide bonds. The number of rotatable bonds is 5. The molecule has 2 aromatic rings. The molecular weight excluding hydrogens is 376 g/mol. The fraction of sp³-hybridized carbons (Fsp3) is 0.600. The van der Waals surface area contributed by atoms with Gasteiger partial charge in [0.2, 0.25) is 21.8 Å². The Bertz CT molecular complexity index is 890. The van der Waals surface area contributed by atoms with Crippen LogP contribution in [0.4, 0.5) is 0 Å². The Morgan fingerprint density at radius 1 is 1.04 bits per heavy atom. The van der Waals surface area contributed by atoms with Crippen LogP contribution in [0.15, 0.2) is 33.6 Å². The van der Waals surface area contributed by atoms with Gasteiger partial charge in [0.05, 0.1) is 11.4 Å². The van der Waals surface area contributed by atoms with E-state index in [1.165, 1.54) is 0 Å². The van der Waals surface area contributed by atoms with Crippen LogP contribution in [0.2, 0.25) is 0 Å². The van der Waals surface area contributed by atoms with Crippen molar-refractivity contribution in [2.45, 2.75) is 57.4 Å². The molecule has 7 nitrogen and oxygen atoms in total. The standard InChI is InChI=1S/C20H30N4O3S/c1-15(2)19-22-21-18(27-19)14-23-10-12-24(13-11-23)28(25,26)17-8-6-16(7-9-17)20(3,4)5/h6-9,15H,10-14H2,1-5H3. The van der Waals surface area contributed by atoms with Crippen LogP contribution in [0.1, 0.15) is 57.9 Å². The molecule has 0 bridgehead atoms. The number of hydrogen-bond acceptors (Lipinski definition) is 6. The molecule has 1 aliphatic rings. The highest BCUT2D eigenvalue weighted by molar-refractivity contribution is 7.89. The fourth-order valence-corrected chi connectivity index (χ4v) is 4.58. The Kier molecular flexibility index (Phi) is 5.93. The summed E-state index contributed by atoms with van der Waals surface area (Å²) in [6, 6.07) is 7.25. The first-order chi connectivity index (χ1) is 13.1. The molecule has 0 radical (unpaired) electrons.